The minimum Gasteiger partial charge on any atom is -0.497 e. The highest BCUT2D eigenvalue weighted by Crippen LogP contribution is 2.44. The number of nitrogens with zero attached hydrogens (tertiary/aromatic N) is 3. The first-order chi connectivity index (χ1) is 14.0. The van der Waals surface area contributed by atoms with Gasteiger partial charge in [0.05, 0.1) is 25.6 Å². The number of rotatable bonds is 4. The van der Waals surface area contributed by atoms with E-state index >= 15 is 0 Å². The molecule has 0 saturated carbocycles. The quantitative estimate of drug-likeness (QED) is 0.766. The standard InChI is InChI=1S/C22H31N3O4/c1-23(2)22(27)19-12-17-13-24(16-8-10-29-11-9-16)14-20(26)25(17)21(19)15-4-6-18(28-3)7-5-15/h4-7,16-17,19,21H,8-14H2,1-3H3/t17-,19-,21-/m1/s1. The number of hydrogen-bond donors (Lipinski definition) is 0. The summed E-state index contributed by atoms with van der Waals surface area (Å²) in [5.41, 5.74) is 1.00. The molecule has 3 aliphatic heterocycles. The molecule has 3 heterocycles. The highest BCUT2D eigenvalue weighted by atomic mass is 16.5. The molecule has 3 saturated heterocycles. The van der Waals surface area contributed by atoms with Gasteiger partial charge in [0.1, 0.15) is 5.75 Å². The second kappa shape index (κ2) is 8.32. The highest BCUT2D eigenvalue weighted by molar-refractivity contribution is 5.85. The number of hydrogen-bond acceptors (Lipinski definition) is 5. The number of benzene rings is 1. The normalized spacial score (nSPS) is 28.3. The molecule has 4 rings (SSSR count). The van der Waals surface area contributed by atoms with E-state index in [0.29, 0.717) is 19.0 Å². The van der Waals surface area contributed by atoms with Crippen molar-refractivity contribution in [1.29, 1.82) is 0 Å². The summed E-state index contributed by atoms with van der Waals surface area (Å²) in [7, 11) is 5.22. The molecule has 2 amide bonds. The maximum atomic E-state index is 13.3. The first-order valence-electron chi connectivity index (χ1n) is 10.5. The number of carbonyl (C=O) groups is 2. The maximum absolute atomic E-state index is 13.3. The third-order valence-electron chi connectivity index (χ3n) is 6.59. The zero-order valence-electron chi connectivity index (χ0n) is 17.5. The van der Waals surface area contributed by atoms with Crippen molar-refractivity contribution in [2.24, 2.45) is 5.92 Å². The van der Waals surface area contributed by atoms with Gasteiger partial charge in [-0.05, 0) is 37.0 Å². The molecule has 29 heavy (non-hydrogen) atoms. The van der Waals surface area contributed by atoms with Gasteiger partial charge in [-0.2, -0.15) is 0 Å². The van der Waals surface area contributed by atoms with Gasteiger partial charge < -0.3 is 19.3 Å². The minimum absolute atomic E-state index is 0.0695. The summed E-state index contributed by atoms with van der Waals surface area (Å²) >= 11 is 0. The Bertz CT molecular complexity index is 745. The second-order valence-electron chi connectivity index (χ2n) is 8.52. The maximum Gasteiger partial charge on any atom is 0.237 e. The van der Waals surface area contributed by atoms with Crippen LogP contribution < -0.4 is 4.74 Å². The van der Waals surface area contributed by atoms with Crippen LogP contribution in [0.15, 0.2) is 24.3 Å². The number of piperazine rings is 1. The van der Waals surface area contributed by atoms with Crippen LogP contribution in [0, 0.1) is 5.92 Å². The fourth-order valence-corrected chi connectivity index (χ4v) is 5.16. The lowest BCUT2D eigenvalue weighted by molar-refractivity contribution is -0.143. The number of carbonyl (C=O) groups excluding carboxylic acids is 2. The summed E-state index contributed by atoms with van der Waals surface area (Å²) in [5.74, 6) is 0.768. The van der Waals surface area contributed by atoms with Crippen LogP contribution in [0.4, 0.5) is 0 Å². The van der Waals surface area contributed by atoms with Crippen molar-refractivity contribution in [3.05, 3.63) is 29.8 Å². The van der Waals surface area contributed by atoms with Crippen LogP contribution in [0.2, 0.25) is 0 Å². The van der Waals surface area contributed by atoms with Crippen molar-refractivity contribution in [1.82, 2.24) is 14.7 Å². The lowest BCUT2D eigenvalue weighted by Crippen LogP contribution is -2.57. The molecule has 0 aliphatic carbocycles. The molecule has 3 fully saturated rings. The Kier molecular flexibility index (Phi) is 5.79. The van der Waals surface area contributed by atoms with E-state index in [4.69, 9.17) is 9.47 Å². The van der Waals surface area contributed by atoms with Crippen LogP contribution in [0.25, 0.3) is 0 Å². The average Bonchev–Trinajstić information content (AvgIpc) is 3.13. The lowest BCUT2D eigenvalue weighted by Gasteiger charge is -2.44. The summed E-state index contributed by atoms with van der Waals surface area (Å²) in [5, 5.41) is 0. The van der Waals surface area contributed by atoms with Gasteiger partial charge in [0.15, 0.2) is 0 Å². The molecule has 3 atom stereocenters. The molecule has 0 radical (unpaired) electrons. The SMILES string of the molecule is COc1ccc([C@@H]2[C@H](C(=O)N(C)C)C[C@@H]3CN(C4CCOCC4)CC(=O)N32)cc1. The Morgan fingerprint density at radius 3 is 2.45 bits per heavy atom. The van der Waals surface area contributed by atoms with E-state index in [2.05, 4.69) is 4.90 Å². The van der Waals surface area contributed by atoms with Crippen molar-refractivity contribution in [2.75, 3.05) is 47.5 Å². The molecule has 0 unspecified atom stereocenters. The van der Waals surface area contributed by atoms with E-state index in [-0.39, 0.29) is 29.8 Å². The van der Waals surface area contributed by atoms with Gasteiger partial charge in [-0.3, -0.25) is 14.5 Å². The van der Waals surface area contributed by atoms with Gasteiger partial charge in [0.25, 0.3) is 0 Å². The Hall–Kier alpha value is -2.12. The lowest BCUT2D eigenvalue weighted by atomic mass is 9.92. The summed E-state index contributed by atoms with van der Waals surface area (Å²) in [6, 6.07) is 8.04. The molecule has 158 valence electrons. The van der Waals surface area contributed by atoms with Crippen molar-refractivity contribution < 1.29 is 19.1 Å². The van der Waals surface area contributed by atoms with Gasteiger partial charge in [-0.1, -0.05) is 12.1 Å². The number of amides is 2. The van der Waals surface area contributed by atoms with Crippen molar-refractivity contribution in [3.8, 4) is 5.75 Å². The second-order valence-corrected chi connectivity index (χ2v) is 8.52. The number of methoxy groups -OCH3 is 1. The minimum atomic E-state index is -0.220. The molecular weight excluding hydrogens is 370 g/mol. The third-order valence-corrected chi connectivity index (χ3v) is 6.59. The largest absolute Gasteiger partial charge is 0.497 e. The molecule has 7 nitrogen and oxygen atoms in total. The summed E-state index contributed by atoms with van der Waals surface area (Å²) in [6.45, 7) is 2.79. The topological polar surface area (TPSA) is 62.3 Å². The fourth-order valence-electron chi connectivity index (χ4n) is 5.16. The van der Waals surface area contributed by atoms with Gasteiger partial charge in [-0.25, -0.2) is 0 Å². The van der Waals surface area contributed by atoms with E-state index in [1.165, 1.54) is 0 Å². The summed E-state index contributed by atoms with van der Waals surface area (Å²) in [4.78, 5) is 32.3. The van der Waals surface area contributed by atoms with Gasteiger partial charge in [-0.15, -0.1) is 0 Å². The predicted octanol–water partition coefficient (Wildman–Crippen LogP) is 1.54. The van der Waals surface area contributed by atoms with E-state index in [1.54, 1.807) is 26.1 Å². The molecule has 0 N–H and O–H groups in total. The number of fused-ring (bicyclic) bond motifs is 1. The molecule has 0 aromatic heterocycles. The first-order valence-corrected chi connectivity index (χ1v) is 10.5. The summed E-state index contributed by atoms with van der Waals surface area (Å²) < 4.78 is 10.8. The van der Waals surface area contributed by atoms with E-state index in [1.807, 2.05) is 29.2 Å². The van der Waals surface area contributed by atoms with E-state index < -0.39 is 0 Å². The van der Waals surface area contributed by atoms with Crippen LogP contribution in [-0.2, 0) is 14.3 Å². The molecule has 1 aromatic rings. The Morgan fingerprint density at radius 1 is 1.14 bits per heavy atom. The number of ether oxygens (including phenoxy) is 2. The molecule has 0 bridgehead atoms. The van der Waals surface area contributed by atoms with E-state index in [9.17, 15) is 9.59 Å². The monoisotopic (exact) mass is 401 g/mol. The highest BCUT2D eigenvalue weighted by Gasteiger charge is 2.51. The van der Waals surface area contributed by atoms with Gasteiger partial charge in [0.2, 0.25) is 11.8 Å². The molecule has 7 heteroatoms. The van der Waals surface area contributed by atoms with E-state index in [0.717, 1.165) is 43.9 Å². The van der Waals surface area contributed by atoms with Crippen LogP contribution in [0.5, 0.6) is 5.75 Å². The summed E-state index contributed by atoms with van der Waals surface area (Å²) in [6.07, 6.45) is 2.66. The first kappa shape index (κ1) is 20.2. The van der Waals surface area contributed by atoms with Crippen LogP contribution in [-0.4, -0.2) is 86.1 Å². The van der Waals surface area contributed by atoms with Crippen molar-refractivity contribution in [2.45, 2.75) is 37.4 Å². The molecule has 3 aliphatic rings. The van der Waals surface area contributed by atoms with Crippen molar-refractivity contribution >= 4 is 11.8 Å². The fraction of sp³-hybridized carbons (Fsp3) is 0.636. The zero-order valence-corrected chi connectivity index (χ0v) is 17.5. The Morgan fingerprint density at radius 2 is 1.83 bits per heavy atom. The van der Waals surface area contributed by atoms with Crippen LogP contribution >= 0.6 is 0 Å². The van der Waals surface area contributed by atoms with Crippen molar-refractivity contribution in [3.63, 3.8) is 0 Å². The van der Waals surface area contributed by atoms with Gasteiger partial charge in [0, 0.05) is 45.9 Å². The molecule has 1 aromatic carbocycles. The smallest absolute Gasteiger partial charge is 0.237 e. The molecule has 0 spiro atoms. The van der Waals surface area contributed by atoms with Gasteiger partial charge >= 0.3 is 0 Å². The Balaban J connectivity index is 1.62. The third kappa shape index (κ3) is 3.85. The predicted molar refractivity (Wildman–Crippen MR) is 109 cm³/mol. The van der Waals surface area contributed by atoms with Crippen LogP contribution in [0.3, 0.4) is 0 Å². The Labute approximate surface area is 172 Å². The van der Waals surface area contributed by atoms with Crippen LogP contribution in [0.1, 0.15) is 30.9 Å². The molecular formula is C22H31N3O4. The average molecular weight is 402 g/mol. The zero-order chi connectivity index (χ0) is 20.5.